The molecule has 1 aliphatic carbocycles. The first-order valence-corrected chi connectivity index (χ1v) is 10.1. The monoisotopic (exact) mass is 397 g/mol. The summed E-state index contributed by atoms with van der Waals surface area (Å²) in [6.07, 6.45) is 1.70. The molecule has 1 amide bonds. The number of rotatable bonds is 2. The van der Waals surface area contributed by atoms with Crippen molar-refractivity contribution in [1.29, 1.82) is 0 Å². The molecule has 1 spiro atoms. The number of aliphatic hydroxyl groups is 1. The molecule has 0 aromatic carbocycles. The van der Waals surface area contributed by atoms with Gasteiger partial charge in [-0.1, -0.05) is 0 Å². The summed E-state index contributed by atoms with van der Waals surface area (Å²) in [7, 11) is 0. The second kappa shape index (κ2) is 7.21. The number of piperidine rings is 1. The van der Waals surface area contributed by atoms with Gasteiger partial charge in [0.05, 0.1) is 17.1 Å². The third-order valence-corrected chi connectivity index (χ3v) is 6.76. The van der Waals surface area contributed by atoms with Crippen molar-refractivity contribution >= 4 is 11.7 Å². The topological polar surface area (TPSA) is 56.7 Å². The van der Waals surface area contributed by atoms with Gasteiger partial charge in [0.15, 0.2) is 0 Å². The molecule has 1 aromatic rings. The van der Waals surface area contributed by atoms with Gasteiger partial charge in [-0.05, 0) is 57.1 Å². The first kappa shape index (κ1) is 19.5. The van der Waals surface area contributed by atoms with Crippen molar-refractivity contribution in [2.24, 2.45) is 5.41 Å². The zero-order valence-electron chi connectivity index (χ0n) is 15.8. The molecule has 8 heteroatoms. The number of amides is 1. The van der Waals surface area contributed by atoms with Crippen LogP contribution in [-0.2, 0) is 11.0 Å². The van der Waals surface area contributed by atoms with Crippen molar-refractivity contribution in [3.63, 3.8) is 0 Å². The van der Waals surface area contributed by atoms with Gasteiger partial charge in [-0.2, -0.15) is 13.2 Å². The number of hydrogen-bond donors (Lipinski definition) is 1. The molecule has 0 radical (unpaired) electrons. The van der Waals surface area contributed by atoms with Crippen molar-refractivity contribution < 1.29 is 23.1 Å². The highest BCUT2D eigenvalue weighted by Gasteiger charge is 2.50. The molecule has 1 saturated carbocycles. The molecule has 5 nitrogen and oxygen atoms in total. The SMILES string of the molecule is O=C1N(C2CCC(O)CC2)CCC12CCN(c1ncccc1C(F)(F)F)CC2. The maximum atomic E-state index is 13.3. The molecule has 1 N–H and O–H groups in total. The lowest BCUT2D eigenvalue weighted by Crippen LogP contribution is -2.48. The van der Waals surface area contributed by atoms with Crippen LogP contribution in [0.15, 0.2) is 18.3 Å². The molecule has 3 aliphatic rings. The van der Waals surface area contributed by atoms with Gasteiger partial charge >= 0.3 is 6.18 Å². The van der Waals surface area contributed by atoms with E-state index in [1.165, 1.54) is 12.3 Å². The largest absolute Gasteiger partial charge is 0.419 e. The summed E-state index contributed by atoms with van der Waals surface area (Å²) in [5.74, 6) is 0.124. The summed E-state index contributed by atoms with van der Waals surface area (Å²) in [4.78, 5) is 20.8. The Hall–Kier alpha value is -1.83. The number of anilines is 1. The highest BCUT2D eigenvalue weighted by atomic mass is 19.4. The summed E-state index contributed by atoms with van der Waals surface area (Å²) >= 11 is 0. The van der Waals surface area contributed by atoms with E-state index < -0.39 is 17.2 Å². The van der Waals surface area contributed by atoms with Gasteiger partial charge in [0.2, 0.25) is 5.91 Å². The zero-order chi connectivity index (χ0) is 19.9. The lowest BCUT2D eigenvalue weighted by Gasteiger charge is -2.40. The van der Waals surface area contributed by atoms with Crippen LogP contribution < -0.4 is 4.90 Å². The fourth-order valence-corrected chi connectivity index (χ4v) is 5.05. The van der Waals surface area contributed by atoms with Crippen LogP contribution in [-0.4, -0.2) is 52.7 Å². The van der Waals surface area contributed by atoms with Crippen molar-refractivity contribution in [3.05, 3.63) is 23.9 Å². The summed E-state index contributed by atoms with van der Waals surface area (Å²) < 4.78 is 39.9. The van der Waals surface area contributed by atoms with Gasteiger partial charge in [0, 0.05) is 31.9 Å². The molecule has 1 aromatic heterocycles. The predicted octanol–water partition coefficient (Wildman–Crippen LogP) is 3.22. The number of halogens is 3. The Balaban J connectivity index is 1.44. The Kier molecular flexibility index (Phi) is 5.02. The van der Waals surface area contributed by atoms with Gasteiger partial charge in [-0.15, -0.1) is 0 Å². The van der Waals surface area contributed by atoms with E-state index in [4.69, 9.17) is 0 Å². The van der Waals surface area contributed by atoms with Crippen molar-refractivity contribution in [3.8, 4) is 0 Å². The van der Waals surface area contributed by atoms with E-state index in [-0.39, 0.29) is 23.9 Å². The molecule has 28 heavy (non-hydrogen) atoms. The van der Waals surface area contributed by atoms with Crippen LogP contribution >= 0.6 is 0 Å². The predicted molar refractivity (Wildman–Crippen MR) is 97.7 cm³/mol. The molecule has 2 aliphatic heterocycles. The fraction of sp³-hybridized carbons (Fsp3) is 0.700. The van der Waals surface area contributed by atoms with Crippen LogP contribution in [0.5, 0.6) is 0 Å². The summed E-state index contributed by atoms with van der Waals surface area (Å²) in [5, 5.41) is 9.70. The number of nitrogens with zero attached hydrogens (tertiary/aromatic N) is 3. The number of aromatic nitrogens is 1. The third-order valence-electron chi connectivity index (χ3n) is 6.76. The molecule has 3 fully saturated rings. The van der Waals surface area contributed by atoms with Crippen LogP contribution in [0.3, 0.4) is 0 Å². The summed E-state index contributed by atoms with van der Waals surface area (Å²) in [6.45, 7) is 1.53. The second-order valence-corrected chi connectivity index (χ2v) is 8.35. The first-order valence-electron chi connectivity index (χ1n) is 10.1. The van der Waals surface area contributed by atoms with Gasteiger partial charge in [-0.25, -0.2) is 4.98 Å². The van der Waals surface area contributed by atoms with Crippen LogP contribution in [0.1, 0.15) is 50.5 Å². The molecule has 0 atom stereocenters. The number of hydrogen-bond acceptors (Lipinski definition) is 4. The molecule has 0 bridgehead atoms. The smallest absolute Gasteiger partial charge is 0.393 e. The number of aliphatic hydroxyl groups excluding tert-OH is 1. The summed E-state index contributed by atoms with van der Waals surface area (Å²) in [5.41, 5.74) is -1.16. The highest BCUT2D eigenvalue weighted by Crippen LogP contribution is 2.45. The van der Waals surface area contributed by atoms with E-state index in [1.807, 2.05) is 4.90 Å². The Morgan fingerprint density at radius 2 is 1.71 bits per heavy atom. The molecular weight excluding hydrogens is 371 g/mol. The average Bonchev–Trinajstić information content (AvgIpc) is 2.99. The van der Waals surface area contributed by atoms with Gasteiger partial charge in [-0.3, -0.25) is 4.79 Å². The van der Waals surface area contributed by atoms with E-state index >= 15 is 0 Å². The summed E-state index contributed by atoms with van der Waals surface area (Å²) in [6, 6.07) is 2.56. The maximum Gasteiger partial charge on any atom is 0.419 e. The van der Waals surface area contributed by atoms with E-state index in [9.17, 15) is 23.1 Å². The van der Waals surface area contributed by atoms with E-state index in [2.05, 4.69) is 4.98 Å². The average molecular weight is 397 g/mol. The normalized spacial score (nSPS) is 28.2. The van der Waals surface area contributed by atoms with Crippen molar-refractivity contribution in [2.45, 2.75) is 63.3 Å². The number of pyridine rings is 1. The van der Waals surface area contributed by atoms with E-state index in [1.54, 1.807) is 4.90 Å². The van der Waals surface area contributed by atoms with Crippen LogP contribution in [0, 0.1) is 5.41 Å². The molecule has 154 valence electrons. The zero-order valence-corrected chi connectivity index (χ0v) is 15.8. The van der Waals surface area contributed by atoms with Crippen LogP contribution in [0.25, 0.3) is 0 Å². The number of carbonyl (C=O) groups excluding carboxylic acids is 1. The number of likely N-dealkylation sites (tertiary alicyclic amines) is 1. The Labute approximate surface area is 162 Å². The van der Waals surface area contributed by atoms with Crippen LogP contribution in [0.2, 0.25) is 0 Å². The molecule has 4 rings (SSSR count). The Morgan fingerprint density at radius 1 is 1.07 bits per heavy atom. The number of carbonyl (C=O) groups is 1. The van der Waals surface area contributed by atoms with Gasteiger partial charge in [0.25, 0.3) is 0 Å². The van der Waals surface area contributed by atoms with E-state index in [0.717, 1.165) is 44.7 Å². The third kappa shape index (κ3) is 3.47. The van der Waals surface area contributed by atoms with Gasteiger partial charge < -0.3 is 14.9 Å². The lowest BCUT2D eigenvalue weighted by molar-refractivity contribution is -0.140. The molecule has 2 saturated heterocycles. The number of alkyl halides is 3. The standard InChI is InChI=1S/C20H26F3N3O2/c21-20(22,23)16-2-1-10-24-17(16)25-11-7-19(8-12-25)9-13-26(18(19)28)14-3-5-15(27)6-4-14/h1-2,10,14-15,27H,3-9,11-13H2. The quantitative estimate of drug-likeness (QED) is 0.833. The minimum Gasteiger partial charge on any atom is -0.393 e. The molecular formula is C20H26F3N3O2. The lowest BCUT2D eigenvalue weighted by atomic mass is 9.77. The van der Waals surface area contributed by atoms with Gasteiger partial charge in [0.1, 0.15) is 5.82 Å². The Morgan fingerprint density at radius 3 is 2.36 bits per heavy atom. The highest BCUT2D eigenvalue weighted by molar-refractivity contribution is 5.85. The van der Waals surface area contributed by atoms with E-state index in [0.29, 0.717) is 25.9 Å². The Bertz CT molecular complexity index is 724. The fourth-order valence-electron chi connectivity index (χ4n) is 5.05. The minimum absolute atomic E-state index is 0.0339. The minimum atomic E-state index is -4.44. The maximum absolute atomic E-state index is 13.3. The second-order valence-electron chi connectivity index (χ2n) is 8.35. The molecule has 0 unspecified atom stereocenters. The van der Waals surface area contributed by atoms with Crippen LogP contribution in [0.4, 0.5) is 19.0 Å². The van der Waals surface area contributed by atoms with Crippen molar-refractivity contribution in [2.75, 3.05) is 24.5 Å². The van der Waals surface area contributed by atoms with Crippen molar-refractivity contribution in [1.82, 2.24) is 9.88 Å². The molecule has 3 heterocycles. The first-order chi connectivity index (χ1) is 13.3.